The van der Waals surface area contributed by atoms with Gasteiger partial charge in [0.25, 0.3) is 0 Å². The van der Waals surface area contributed by atoms with E-state index >= 15 is 0 Å². The van der Waals surface area contributed by atoms with Crippen LogP contribution in [0.25, 0.3) is 156 Å². The molecule has 0 N–H and O–H groups in total. The molecule has 7 heteroatoms. The van der Waals surface area contributed by atoms with Crippen molar-refractivity contribution < 1.29 is 0 Å². The fraction of sp³-hybridized carbons (Fsp3) is 0.0125. The van der Waals surface area contributed by atoms with Crippen LogP contribution in [-0.2, 0) is 0 Å². The number of pyridine rings is 1. The average molecular weight is 1110 g/mol. The van der Waals surface area contributed by atoms with Crippen LogP contribution in [0.15, 0.2) is 303 Å². The number of fused-ring (bicyclic) bond motifs is 6. The Kier molecular flexibility index (Phi) is 12.6. The molecule has 0 atom stereocenters. The number of aromatic nitrogens is 7. The van der Waals surface area contributed by atoms with Crippen LogP contribution < -0.4 is 0 Å². The third-order valence-corrected chi connectivity index (χ3v) is 16.6. The van der Waals surface area contributed by atoms with Crippen molar-refractivity contribution in [3.63, 3.8) is 0 Å². The van der Waals surface area contributed by atoms with Crippen molar-refractivity contribution in [3.8, 4) is 113 Å². The Morgan fingerprint density at radius 3 is 1.23 bits per heavy atom. The van der Waals surface area contributed by atoms with Crippen molar-refractivity contribution in [2.45, 2.75) is 6.92 Å². The Morgan fingerprint density at radius 2 is 0.644 bits per heavy atom. The van der Waals surface area contributed by atoms with Gasteiger partial charge in [-0.2, -0.15) is 0 Å². The van der Waals surface area contributed by atoms with Gasteiger partial charge in [-0.25, -0.2) is 24.9 Å². The molecule has 0 aliphatic carbocycles. The highest BCUT2D eigenvalue weighted by Gasteiger charge is 2.27. The van der Waals surface area contributed by atoms with Gasteiger partial charge in [-0.05, 0) is 96.9 Å². The van der Waals surface area contributed by atoms with Crippen LogP contribution in [0.2, 0.25) is 0 Å². The lowest BCUT2D eigenvalue weighted by molar-refractivity contribution is 1.09. The summed E-state index contributed by atoms with van der Waals surface area (Å²) in [5.41, 5.74) is 22.1. The Bertz CT molecular complexity index is 5140. The Hall–Kier alpha value is -11.7. The molecule has 7 nitrogen and oxygen atoms in total. The van der Waals surface area contributed by atoms with Gasteiger partial charge in [0.15, 0.2) is 11.6 Å². The van der Waals surface area contributed by atoms with Crippen molar-refractivity contribution in [1.82, 2.24) is 34.1 Å². The normalized spacial score (nSPS) is 11.5. The largest absolute Gasteiger partial charge is 0.307 e. The van der Waals surface area contributed by atoms with E-state index in [4.69, 9.17) is 24.9 Å². The van der Waals surface area contributed by atoms with Gasteiger partial charge >= 0.3 is 0 Å². The number of rotatable bonds is 11. The highest BCUT2D eigenvalue weighted by Crippen LogP contribution is 2.46. The fourth-order valence-electron chi connectivity index (χ4n) is 12.4. The number of hydrogen-bond donors (Lipinski definition) is 0. The predicted octanol–water partition coefficient (Wildman–Crippen LogP) is 20.2. The summed E-state index contributed by atoms with van der Waals surface area (Å²) >= 11 is 0. The van der Waals surface area contributed by atoms with Crippen LogP contribution in [0.4, 0.5) is 0 Å². The van der Waals surface area contributed by atoms with Crippen LogP contribution >= 0.6 is 0 Å². The number of aryl methyl sites for hydroxylation is 1. The standard InChI is InChI=1S/C80H53N7/c1-52-39-42-74-63(45-52)62-35-20-21-38-73(62)86(74)77-49-61(71-50-69(55-27-12-4-13-28-55)82-79(84-71)57-31-16-6-17-32-57)48-66(72-51-70(56-29-14-5-15-30-56)83-80(85-72)58-33-18-7-19-34-58)78(77)87-75-43-40-59(53-23-8-2-9-24-53)46-64(75)65-47-60(41-44-76(65)87)68-37-22-36-67(81-68)54-25-10-3-11-26-54/h2-51H,1H3. The first-order valence-corrected chi connectivity index (χ1v) is 29.4. The molecule has 0 aliphatic rings. The van der Waals surface area contributed by atoms with Crippen molar-refractivity contribution in [3.05, 3.63) is 309 Å². The SMILES string of the molecule is Cc1ccc2c(c1)c1ccccc1n2-c1cc(-c2cc(-c3ccccc3)nc(-c3ccccc3)n2)cc(-c2cc(-c3ccccc3)nc(-c3ccccc3)n2)c1-n1c2ccc(-c3ccccc3)cc2c2cc(-c3cccc(-c4ccccc4)n3)ccc21. The molecule has 0 radical (unpaired) electrons. The highest BCUT2D eigenvalue weighted by atomic mass is 15.1. The molecule has 0 unspecified atom stereocenters. The molecule has 0 bridgehead atoms. The lowest BCUT2D eigenvalue weighted by Crippen LogP contribution is -2.08. The Balaban J connectivity index is 1.08. The topological polar surface area (TPSA) is 74.3 Å². The molecule has 0 amide bonds. The van der Waals surface area contributed by atoms with E-state index in [0.717, 1.165) is 145 Å². The second-order valence-corrected chi connectivity index (χ2v) is 22.1. The molecular formula is C80H53N7. The van der Waals surface area contributed by atoms with Crippen molar-refractivity contribution in [2.75, 3.05) is 0 Å². The molecular weight excluding hydrogens is 1060 g/mol. The first-order valence-electron chi connectivity index (χ1n) is 29.4. The summed E-state index contributed by atoms with van der Waals surface area (Å²) in [6.45, 7) is 2.17. The first kappa shape index (κ1) is 51.0. The zero-order valence-electron chi connectivity index (χ0n) is 47.5. The molecule has 0 aliphatic heterocycles. The van der Waals surface area contributed by atoms with E-state index in [-0.39, 0.29) is 0 Å². The molecule has 0 saturated heterocycles. The number of hydrogen-bond acceptors (Lipinski definition) is 5. The van der Waals surface area contributed by atoms with Crippen LogP contribution in [-0.4, -0.2) is 34.1 Å². The minimum Gasteiger partial charge on any atom is -0.307 e. The van der Waals surface area contributed by atoms with Crippen molar-refractivity contribution >= 4 is 43.6 Å². The molecule has 0 spiro atoms. The lowest BCUT2D eigenvalue weighted by Gasteiger charge is -2.23. The van der Waals surface area contributed by atoms with E-state index < -0.39 is 0 Å². The maximum absolute atomic E-state index is 5.72. The van der Waals surface area contributed by atoms with E-state index in [0.29, 0.717) is 11.6 Å². The summed E-state index contributed by atoms with van der Waals surface area (Å²) < 4.78 is 4.95. The molecule has 11 aromatic carbocycles. The fourth-order valence-corrected chi connectivity index (χ4v) is 12.4. The molecule has 0 fully saturated rings. The van der Waals surface area contributed by atoms with E-state index in [1.165, 1.54) is 5.56 Å². The quantitative estimate of drug-likeness (QED) is 0.129. The van der Waals surface area contributed by atoms with Gasteiger partial charge < -0.3 is 9.13 Å². The Morgan fingerprint density at radius 1 is 0.230 bits per heavy atom. The molecule has 5 aromatic heterocycles. The predicted molar refractivity (Wildman–Crippen MR) is 358 cm³/mol. The summed E-state index contributed by atoms with van der Waals surface area (Å²) in [4.78, 5) is 27.3. The third kappa shape index (κ3) is 9.31. The summed E-state index contributed by atoms with van der Waals surface area (Å²) in [6, 6.07) is 107. The van der Waals surface area contributed by atoms with Crippen LogP contribution in [0, 0.1) is 6.92 Å². The molecule has 16 aromatic rings. The lowest BCUT2D eigenvalue weighted by atomic mass is 9.97. The smallest absolute Gasteiger partial charge is 0.160 e. The van der Waals surface area contributed by atoms with Crippen molar-refractivity contribution in [1.29, 1.82) is 0 Å². The van der Waals surface area contributed by atoms with E-state index in [1.54, 1.807) is 0 Å². The minimum atomic E-state index is 0.613. The number of para-hydroxylation sites is 1. The van der Waals surface area contributed by atoms with Gasteiger partial charge in [0, 0.05) is 66.1 Å². The summed E-state index contributed by atoms with van der Waals surface area (Å²) in [5, 5.41) is 4.49. The number of benzene rings is 11. The van der Waals surface area contributed by atoms with E-state index in [2.05, 4.69) is 277 Å². The highest BCUT2D eigenvalue weighted by molar-refractivity contribution is 6.14. The average Bonchev–Trinajstić information content (AvgIpc) is 1.78. The van der Waals surface area contributed by atoms with Gasteiger partial charge in [-0.15, -0.1) is 0 Å². The number of nitrogens with zero attached hydrogens (tertiary/aromatic N) is 7. The monoisotopic (exact) mass is 1110 g/mol. The maximum Gasteiger partial charge on any atom is 0.160 e. The van der Waals surface area contributed by atoms with Gasteiger partial charge in [-0.1, -0.05) is 230 Å². The summed E-state index contributed by atoms with van der Waals surface area (Å²) in [5.74, 6) is 1.24. The van der Waals surface area contributed by atoms with Crippen LogP contribution in [0.1, 0.15) is 5.56 Å². The zero-order chi connectivity index (χ0) is 57.8. The maximum atomic E-state index is 5.72. The second kappa shape index (κ2) is 21.5. The minimum absolute atomic E-state index is 0.613. The molecule has 16 rings (SSSR count). The van der Waals surface area contributed by atoms with Crippen molar-refractivity contribution in [2.24, 2.45) is 0 Å². The van der Waals surface area contributed by atoms with E-state index in [9.17, 15) is 0 Å². The van der Waals surface area contributed by atoms with Gasteiger partial charge in [-0.3, -0.25) is 0 Å². The molecule has 408 valence electrons. The summed E-state index contributed by atoms with van der Waals surface area (Å²) in [6.07, 6.45) is 0. The Labute approximate surface area is 503 Å². The zero-order valence-corrected chi connectivity index (χ0v) is 47.5. The third-order valence-electron chi connectivity index (χ3n) is 16.6. The van der Waals surface area contributed by atoms with Gasteiger partial charge in [0.2, 0.25) is 0 Å². The molecule has 0 saturated carbocycles. The molecule has 87 heavy (non-hydrogen) atoms. The van der Waals surface area contributed by atoms with E-state index in [1.807, 2.05) is 42.5 Å². The second-order valence-electron chi connectivity index (χ2n) is 22.1. The summed E-state index contributed by atoms with van der Waals surface area (Å²) in [7, 11) is 0. The molecule has 5 heterocycles. The van der Waals surface area contributed by atoms with Gasteiger partial charge in [0.05, 0.1) is 67.6 Å². The van der Waals surface area contributed by atoms with Crippen LogP contribution in [0.3, 0.4) is 0 Å². The van der Waals surface area contributed by atoms with Gasteiger partial charge in [0.1, 0.15) is 0 Å². The first-order chi connectivity index (χ1) is 43.0. The van der Waals surface area contributed by atoms with Crippen LogP contribution in [0.5, 0.6) is 0 Å².